The zero-order chi connectivity index (χ0) is 33.6. The minimum absolute atomic E-state index is 0.00291. The van der Waals surface area contributed by atoms with Gasteiger partial charge in [-0.2, -0.15) is 0 Å². The first kappa shape index (κ1) is 32.7. The zero-order valence-electron chi connectivity index (χ0n) is 27.1. The summed E-state index contributed by atoms with van der Waals surface area (Å²) in [6.45, 7) is 2.54. The minimum atomic E-state index is -0.564. The maximum Gasteiger partial charge on any atom is 0.271 e. The van der Waals surface area contributed by atoms with Crippen molar-refractivity contribution in [3.8, 4) is 11.1 Å². The van der Waals surface area contributed by atoms with Crippen LogP contribution in [-0.4, -0.2) is 32.8 Å². The Morgan fingerprint density at radius 2 is 1.51 bits per heavy atom. The van der Waals surface area contributed by atoms with Crippen molar-refractivity contribution in [1.82, 2.24) is 15.3 Å². The Balaban J connectivity index is 1.09. The van der Waals surface area contributed by atoms with Crippen LogP contribution in [-0.2, 0) is 22.6 Å². The number of thioether (sulfide) groups is 1. The van der Waals surface area contributed by atoms with Crippen LogP contribution in [0.5, 0.6) is 0 Å². The Morgan fingerprint density at radius 3 is 2.31 bits per heavy atom. The SMILES string of the molecule is C[C@H]1[C@@H](CSc2ccccc2)O[C@@H](c2cccc(-c3cccc(CNC(=O)c4cnc5ccccc5n4)c3)c2)O[C@H]1c1ccc(CO)cc1. The van der Waals surface area contributed by atoms with E-state index in [4.69, 9.17) is 9.47 Å². The van der Waals surface area contributed by atoms with E-state index in [1.807, 2.05) is 78.9 Å². The van der Waals surface area contributed by atoms with E-state index in [-0.39, 0.29) is 36.3 Å². The van der Waals surface area contributed by atoms with Crippen LogP contribution in [0.2, 0.25) is 0 Å². The fraction of sp³-hybridized carbons (Fsp3) is 0.195. The molecule has 1 aliphatic heterocycles. The Morgan fingerprint density at radius 1 is 0.776 bits per heavy atom. The molecule has 1 aliphatic rings. The second-order valence-electron chi connectivity index (χ2n) is 12.2. The van der Waals surface area contributed by atoms with Gasteiger partial charge in [0.2, 0.25) is 0 Å². The third-order valence-electron chi connectivity index (χ3n) is 8.83. The normalized spacial score (nSPS) is 19.1. The molecule has 1 aromatic heterocycles. The molecule has 1 amide bonds. The molecule has 1 saturated heterocycles. The lowest BCUT2D eigenvalue weighted by molar-refractivity contribution is -0.268. The first-order valence-electron chi connectivity index (χ1n) is 16.4. The molecule has 0 bridgehead atoms. The number of amides is 1. The van der Waals surface area contributed by atoms with Gasteiger partial charge in [-0.15, -0.1) is 11.8 Å². The van der Waals surface area contributed by atoms with Crippen LogP contribution in [0.15, 0.2) is 138 Å². The lowest BCUT2D eigenvalue weighted by Crippen LogP contribution is -2.38. The lowest BCUT2D eigenvalue weighted by Gasteiger charge is -2.41. The average Bonchev–Trinajstić information content (AvgIpc) is 3.17. The molecule has 246 valence electrons. The zero-order valence-corrected chi connectivity index (χ0v) is 27.9. The molecule has 5 aromatic carbocycles. The van der Waals surface area contributed by atoms with E-state index in [0.717, 1.165) is 44.7 Å². The van der Waals surface area contributed by atoms with Gasteiger partial charge in [-0.1, -0.05) is 97.9 Å². The average molecular weight is 668 g/mol. The summed E-state index contributed by atoms with van der Waals surface area (Å²) in [5.74, 6) is 0.615. The van der Waals surface area contributed by atoms with Gasteiger partial charge < -0.3 is 19.9 Å². The smallest absolute Gasteiger partial charge is 0.271 e. The fourth-order valence-corrected chi connectivity index (χ4v) is 7.16. The molecule has 0 aliphatic carbocycles. The summed E-state index contributed by atoms with van der Waals surface area (Å²) in [4.78, 5) is 23.0. The van der Waals surface area contributed by atoms with Crippen LogP contribution in [0.1, 0.15) is 52.1 Å². The van der Waals surface area contributed by atoms with Crippen molar-refractivity contribution in [2.45, 2.75) is 43.5 Å². The first-order valence-corrected chi connectivity index (χ1v) is 17.4. The highest BCUT2D eigenvalue weighted by Gasteiger charge is 2.38. The number of nitrogens with one attached hydrogen (secondary N) is 1. The van der Waals surface area contributed by atoms with E-state index in [2.05, 4.69) is 70.7 Å². The summed E-state index contributed by atoms with van der Waals surface area (Å²) in [5.41, 5.74) is 7.60. The maximum absolute atomic E-state index is 12.9. The molecular formula is C41H37N3O4S. The van der Waals surface area contributed by atoms with Crippen molar-refractivity contribution in [1.29, 1.82) is 0 Å². The highest BCUT2D eigenvalue weighted by molar-refractivity contribution is 7.99. The number of aliphatic hydroxyl groups excluding tert-OH is 1. The van der Waals surface area contributed by atoms with Gasteiger partial charge in [-0.25, -0.2) is 4.98 Å². The predicted molar refractivity (Wildman–Crippen MR) is 193 cm³/mol. The standard InChI is InChI=1S/C41H37N3O4S/c1-27-38(26-49-34-13-3-2-4-14-34)47-41(48-39(27)30-19-17-28(25-45)18-20-30)33-12-8-11-32(22-33)31-10-7-9-29(21-31)23-43-40(46)37-24-42-35-15-5-6-16-36(35)44-37/h2-22,24,27,38-39,41,45H,23,25-26H2,1H3,(H,43,46)/t27-,38+,39+,41+/m0/s1. The molecule has 6 aromatic rings. The largest absolute Gasteiger partial charge is 0.392 e. The first-order chi connectivity index (χ1) is 24.0. The third kappa shape index (κ3) is 7.74. The molecule has 2 heterocycles. The highest BCUT2D eigenvalue weighted by Crippen LogP contribution is 2.43. The van der Waals surface area contributed by atoms with Crippen LogP contribution in [0.4, 0.5) is 0 Å². The van der Waals surface area contributed by atoms with Gasteiger partial charge in [-0.05, 0) is 64.2 Å². The molecular weight excluding hydrogens is 631 g/mol. The van der Waals surface area contributed by atoms with Gasteiger partial charge in [-0.3, -0.25) is 9.78 Å². The van der Waals surface area contributed by atoms with Crippen molar-refractivity contribution in [3.05, 3.63) is 162 Å². The number of carbonyl (C=O) groups excluding carboxylic acids is 1. The monoisotopic (exact) mass is 667 g/mol. The van der Waals surface area contributed by atoms with E-state index >= 15 is 0 Å². The van der Waals surface area contributed by atoms with E-state index in [9.17, 15) is 9.90 Å². The van der Waals surface area contributed by atoms with Gasteiger partial charge in [0.05, 0.1) is 36.0 Å². The molecule has 2 N–H and O–H groups in total. The molecule has 0 spiro atoms. The molecule has 8 heteroatoms. The molecule has 4 atom stereocenters. The Kier molecular flexibility index (Phi) is 10.1. The number of aromatic nitrogens is 2. The number of carbonyl (C=O) groups is 1. The number of para-hydroxylation sites is 2. The van der Waals surface area contributed by atoms with E-state index in [0.29, 0.717) is 12.1 Å². The summed E-state index contributed by atoms with van der Waals surface area (Å²) in [7, 11) is 0. The highest BCUT2D eigenvalue weighted by atomic mass is 32.2. The maximum atomic E-state index is 12.9. The van der Waals surface area contributed by atoms with Crippen molar-refractivity contribution in [3.63, 3.8) is 0 Å². The summed E-state index contributed by atoms with van der Waals surface area (Å²) in [5, 5.41) is 12.6. The molecule has 7 rings (SSSR count). The summed E-state index contributed by atoms with van der Waals surface area (Å²) in [6, 6.07) is 42.3. The molecule has 1 fully saturated rings. The Bertz CT molecular complexity index is 2040. The number of benzene rings is 5. The quantitative estimate of drug-likeness (QED) is 0.142. The lowest BCUT2D eigenvalue weighted by atomic mass is 9.91. The fourth-order valence-electron chi connectivity index (χ4n) is 6.07. The second kappa shape index (κ2) is 15.1. The van der Waals surface area contributed by atoms with Crippen LogP contribution in [0.25, 0.3) is 22.2 Å². The van der Waals surface area contributed by atoms with Gasteiger partial charge >= 0.3 is 0 Å². The number of fused-ring (bicyclic) bond motifs is 1. The third-order valence-corrected chi connectivity index (χ3v) is 9.93. The molecule has 0 unspecified atom stereocenters. The molecule has 7 nitrogen and oxygen atoms in total. The van der Waals surface area contributed by atoms with E-state index in [1.54, 1.807) is 11.8 Å². The predicted octanol–water partition coefficient (Wildman–Crippen LogP) is 8.30. The summed E-state index contributed by atoms with van der Waals surface area (Å²) in [6.07, 6.45) is 0.700. The number of hydrogen-bond acceptors (Lipinski definition) is 7. The topological polar surface area (TPSA) is 93.6 Å². The molecule has 0 saturated carbocycles. The van der Waals surface area contributed by atoms with Crippen molar-refractivity contribution >= 4 is 28.7 Å². The Labute approximate surface area is 290 Å². The van der Waals surface area contributed by atoms with Crippen molar-refractivity contribution in [2.24, 2.45) is 5.92 Å². The summed E-state index contributed by atoms with van der Waals surface area (Å²) >= 11 is 1.79. The summed E-state index contributed by atoms with van der Waals surface area (Å²) < 4.78 is 13.4. The number of rotatable bonds is 10. The van der Waals surface area contributed by atoms with Crippen molar-refractivity contribution in [2.75, 3.05) is 5.75 Å². The number of nitrogens with zero attached hydrogens (tertiary/aromatic N) is 2. The van der Waals surface area contributed by atoms with Crippen LogP contribution < -0.4 is 5.32 Å². The number of hydrogen-bond donors (Lipinski definition) is 2. The van der Waals surface area contributed by atoms with Crippen LogP contribution >= 0.6 is 11.8 Å². The van der Waals surface area contributed by atoms with Gasteiger partial charge in [0.1, 0.15) is 5.69 Å². The molecule has 0 radical (unpaired) electrons. The van der Waals surface area contributed by atoms with Crippen molar-refractivity contribution < 1.29 is 19.4 Å². The number of aliphatic hydroxyl groups is 1. The van der Waals surface area contributed by atoms with Gasteiger partial charge in [0.25, 0.3) is 5.91 Å². The number of ether oxygens (including phenoxy) is 2. The van der Waals surface area contributed by atoms with Crippen LogP contribution in [0, 0.1) is 5.92 Å². The van der Waals surface area contributed by atoms with Crippen LogP contribution in [0.3, 0.4) is 0 Å². The minimum Gasteiger partial charge on any atom is -0.392 e. The molecule has 49 heavy (non-hydrogen) atoms. The van der Waals surface area contributed by atoms with Gasteiger partial charge in [0.15, 0.2) is 6.29 Å². The van der Waals surface area contributed by atoms with Gasteiger partial charge in [0, 0.05) is 28.7 Å². The van der Waals surface area contributed by atoms with E-state index in [1.165, 1.54) is 11.1 Å². The second-order valence-corrected chi connectivity index (χ2v) is 13.3. The Hall–Kier alpha value is -4.86. The van der Waals surface area contributed by atoms with E-state index < -0.39 is 6.29 Å².